The maximum Gasteiger partial charge on any atom is 0.231 e. The summed E-state index contributed by atoms with van der Waals surface area (Å²) in [5.41, 5.74) is 2.42. The summed E-state index contributed by atoms with van der Waals surface area (Å²) in [6.45, 7) is 3.85. The van der Waals surface area contributed by atoms with Crippen molar-refractivity contribution in [2.24, 2.45) is 0 Å². The van der Waals surface area contributed by atoms with Gasteiger partial charge in [0.2, 0.25) is 11.7 Å². The fourth-order valence-corrected chi connectivity index (χ4v) is 3.42. The standard InChI is InChI=1S/C20H19F2N3O/c1-13-5-2-3-7-16(13)19-23-20(26-24-19)15-9-10-25(12-15)11-14-6-4-8-17(21)18(14)22/h2-8,15H,9-12H2,1H3. The highest BCUT2D eigenvalue weighted by Gasteiger charge is 2.29. The average molecular weight is 355 g/mol. The van der Waals surface area contributed by atoms with E-state index in [1.54, 1.807) is 6.07 Å². The molecule has 4 nitrogen and oxygen atoms in total. The van der Waals surface area contributed by atoms with Crippen LogP contribution in [0.5, 0.6) is 0 Å². The number of rotatable bonds is 4. The number of nitrogens with zero attached hydrogens (tertiary/aromatic N) is 3. The summed E-state index contributed by atoms with van der Waals surface area (Å²) in [6.07, 6.45) is 0.854. The molecule has 1 aliphatic rings. The van der Waals surface area contributed by atoms with Gasteiger partial charge in [0.1, 0.15) is 0 Å². The highest BCUT2D eigenvalue weighted by molar-refractivity contribution is 5.59. The molecule has 4 rings (SSSR count). The van der Waals surface area contributed by atoms with Crippen molar-refractivity contribution in [3.63, 3.8) is 0 Å². The second-order valence-corrected chi connectivity index (χ2v) is 6.70. The molecular formula is C20H19F2N3O. The number of hydrogen-bond acceptors (Lipinski definition) is 4. The molecule has 0 N–H and O–H groups in total. The zero-order valence-electron chi connectivity index (χ0n) is 14.5. The summed E-state index contributed by atoms with van der Waals surface area (Å²) in [6, 6.07) is 12.2. The van der Waals surface area contributed by atoms with E-state index in [9.17, 15) is 8.78 Å². The van der Waals surface area contributed by atoms with Gasteiger partial charge in [-0.2, -0.15) is 4.98 Å². The monoisotopic (exact) mass is 355 g/mol. The third-order valence-electron chi connectivity index (χ3n) is 4.87. The second kappa shape index (κ2) is 6.96. The number of aromatic nitrogens is 2. The largest absolute Gasteiger partial charge is 0.339 e. The summed E-state index contributed by atoms with van der Waals surface area (Å²) in [5, 5.41) is 4.11. The summed E-state index contributed by atoms with van der Waals surface area (Å²) in [5.74, 6) is -0.274. The SMILES string of the molecule is Cc1ccccc1-c1noc(C2CCN(Cc3cccc(F)c3F)C2)n1. The van der Waals surface area contributed by atoms with Gasteiger partial charge in [0.25, 0.3) is 0 Å². The van der Waals surface area contributed by atoms with E-state index < -0.39 is 11.6 Å². The van der Waals surface area contributed by atoms with Crippen molar-refractivity contribution in [1.29, 1.82) is 0 Å². The minimum atomic E-state index is -0.807. The maximum absolute atomic E-state index is 13.9. The Morgan fingerprint density at radius 2 is 2.00 bits per heavy atom. The quantitative estimate of drug-likeness (QED) is 0.699. The minimum Gasteiger partial charge on any atom is -0.339 e. The van der Waals surface area contributed by atoms with Crippen LogP contribution in [0, 0.1) is 18.6 Å². The van der Waals surface area contributed by atoms with Crippen LogP contribution in [-0.2, 0) is 6.54 Å². The first-order chi connectivity index (χ1) is 12.6. The van der Waals surface area contributed by atoms with E-state index in [-0.39, 0.29) is 5.92 Å². The Hall–Kier alpha value is -2.60. The fraction of sp³-hybridized carbons (Fsp3) is 0.300. The molecule has 1 saturated heterocycles. The zero-order chi connectivity index (χ0) is 18.1. The highest BCUT2D eigenvalue weighted by atomic mass is 19.2. The first-order valence-corrected chi connectivity index (χ1v) is 8.66. The Bertz CT molecular complexity index is 925. The summed E-state index contributed by atoms with van der Waals surface area (Å²) in [7, 11) is 0. The van der Waals surface area contributed by atoms with Crippen molar-refractivity contribution < 1.29 is 13.3 Å². The second-order valence-electron chi connectivity index (χ2n) is 6.70. The van der Waals surface area contributed by atoms with Crippen LogP contribution in [0.4, 0.5) is 8.78 Å². The van der Waals surface area contributed by atoms with E-state index in [0.717, 1.165) is 30.2 Å². The van der Waals surface area contributed by atoms with Crippen molar-refractivity contribution in [3.05, 3.63) is 71.1 Å². The Balaban J connectivity index is 1.46. The topological polar surface area (TPSA) is 42.2 Å². The van der Waals surface area contributed by atoms with E-state index >= 15 is 0 Å². The number of aryl methyl sites for hydroxylation is 1. The molecule has 0 saturated carbocycles. The fourth-order valence-electron chi connectivity index (χ4n) is 3.42. The predicted molar refractivity (Wildman–Crippen MR) is 93.5 cm³/mol. The molecule has 26 heavy (non-hydrogen) atoms. The molecule has 0 aliphatic carbocycles. The van der Waals surface area contributed by atoms with Gasteiger partial charge in [-0.1, -0.05) is 41.6 Å². The zero-order valence-corrected chi connectivity index (χ0v) is 14.5. The lowest BCUT2D eigenvalue weighted by Gasteiger charge is -2.15. The molecule has 1 fully saturated rings. The summed E-state index contributed by atoms with van der Waals surface area (Å²) < 4.78 is 32.7. The molecular weight excluding hydrogens is 336 g/mol. The molecule has 6 heteroatoms. The van der Waals surface area contributed by atoms with Crippen LogP contribution >= 0.6 is 0 Å². The van der Waals surface area contributed by atoms with Gasteiger partial charge in [0, 0.05) is 24.2 Å². The molecule has 0 amide bonds. The molecule has 3 aromatic rings. The normalized spacial score (nSPS) is 17.7. The summed E-state index contributed by atoms with van der Waals surface area (Å²) in [4.78, 5) is 6.64. The average Bonchev–Trinajstić information content (AvgIpc) is 3.29. The van der Waals surface area contributed by atoms with Crippen molar-refractivity contribution in [2.75, 3.05) is 13.1 Å². The lowest BCUT2D eigenvalue weighted by atomic mass is 10.1. The molecule has 2 aromatic carbocycles. The first kappa shape index (κ1) is 16.8. The van der Waals surface area contributed by atoms with Gasteiger partial charge in [-0.3, -0.25) is 4.90 Å². The molecule has 134 valence electrons. The number of hydrogen-bond donors (Lipinski definition) is 0. The number of benzene rings is 2. The number of likely N-dealkylation sites (tertiary alicyclic amines) is 1. The molecule has 1 atom stereocenters. The van der Waals surface area contributed by atoms with Crippen LogP contribution in [0.25, 0.3) is 11.4 Å². The molecule has 1 aromatic heterocycles. The van der Waals surface area contributed by atoms with Crippen molar-refractivity contribution in [1.82, 2.24) is 15.0 Å². The third-order valence-corrected chi connectivity index (χ3v) is 4.87. The van der Waals surface area contributed by atoms with Gasteiger partial charge in [-0.15, -0.1) is 0 Å². The highest BCUT2D eigenvalue weighted by Crippen LogP contribution is 2.29. The van der Waals surface area contributed by atoms with Crippen LogP contribution in [0.2, 0.25) is 0 Å². The Kier molecular flexibility index (Phi) is 4.51. The molecule has 2 heterocycles. The molecule has 1 aliphatic heterocycles. The van der Waals surface area contributed by atoms with Crippen LogP contribution in [0.3, 0.4) is 0 Å². The summed E-state index contributed by atoms with van der Waals surface area (Å²) >= 11 is 0. The predicted octanol–water partition coefficient (Wildman–Crippen LogP) is 4.31. The van der Waals surface area contributed by atoms with Crippen LogP contribution < -0.4 is 0 Å². The Labute approximate surface area is 150 Å². The van der Waals surface area contributed by atoms with Gasteiger partial charge in [0.15, 0.2) is 11.6 Å². The van der Waals surface area contributed by atoms with Crippen molar-refractivity contribution in [2.45, 2.75) is 25.8 Å². The Morgan fingerprint density at radius 1 is 1.15 bits per heavy atom. The maximum atomic E-state index is 13.9. The van der Waals surface area contributed by atoms with Gasteiger partial charge >= 0.3 is 0 Å². The lowest BCUT2D eigenvalue weighted by Crippen LogP contribution is -2.20. The van der Waals surface area contributed by atoms with Crippen LogP contribution in [0.1, 0.15) is 29.4 Å². The van der Waals surface area contributed by atoms with Gasteiger partial charge < -0.3 is 4.52 Å². The molecule has 0 radical (unpaired) electrons. The first-order valence-electron chi connectivity index (χ1n) is 8.66. The number of halogens is 2. The van der Waals surface area contributed by atoms with Gasteiger partial charge in [0.05, 0.1) is 5.92 Å². The van der Waals surface area contributed by atoms with Gasteiger partial charge in [-0.05, 0) is 31.5 Å². The smallest absolute Gasteiger partial charge is 0.231 e. The third kappa shape index (κ3) is 3.24. The molecule has 0 bridgehead atoms. The van der Waals surface area contributed by atoms with E-state index in [1.165, 1.54) is 6.07 Å². The molecule has 0 spiro atoms. The van der Waals surface area contributed by atoms with E-state index in [2.05, 4.69) is 15.0 Å². The lowest BCUT2D eigenvalue weighted by molar-refractivity contribution is 0.303. The minimum absolute atomic E-state index is 0.108. The van der Waals surface area contributed by atoms with Crippen molar-refractivity contribution >= 4 is 0 Å². The Morgan fingerprint density at radius 3 is 2.85 bits per heavy atom. The van der Waals surface area contributed by atoms with Crippen LogP contribution in [-0.4, -0.2) is 28.1 Å². The van der Waals surface area contributed by atoms with E-state index in [4.69, 9.17) is 4.52 Å². The van der Waals surface area contributed by atoms with Crippen molar-refractivity contribution in [3.8, 4) is 11.4 Å². The van der Waals surface area contributed by atoms with E-state index in [1.807, 2.05) is 31.2 Å². The van der Waals surface area contributed by atoms with E-state index in [0.29, 0.717) is 30.4 Å². The van der Waals surface area contributed by atoms with Crippen LogP contribution in [0.15, 0.2) is 47.0 Å². The van der Waals surface area contributed by atoms with Gasteiger partial charge in [-0.25, -0.2) is 8.78 Å². The molecule has 1 unspecified atom stereocenters.